The van der Waals surface area contributed by atoms with Crippen molar-refractivity contribution in [1.29, 1.82) is 0 Å². The monoisotopic (exact) mass is 172 g/mol. The molecule has 0 aliphatic carbocycles. The molecule has 0 fully saturated rings. The molecule has 0 unspecified atom stereocenters. The van der Waals surface area contributed by atoms with Gasteiger partial charge >= 0.3 is 0 Å². The van der Waals surface area contributed by atoms with Crippen LogP contribution >= 0.6 is 0 Å². The Hall–Kier alpha value is -1.64. The van der Waals surface area contributed by atoms with Gasteiger partial charge in [0.1, 0.15) is 7.05 Å². The lowest BCUT2D eigenvalue weighted by Gasteiger charge is -1.95. The van der Waals surface area contributed by atoms with Crippen LogP contribution in [0.2, 0.25) is 0 Å². The van der Waals surface area contributed by atoms with E-state index in [4.69, 9.17) is 0 Å². The molecule has 0 aromatic carbocycles. The Balaban J connectivity index is 2.73. The third-order valence-electron chi connectivity index (χ3n) is 2.69. The lowest BCUT2D eigenvalue weighted by atomic mass is 10.3. The number of hydrogen-bond acceptors (Lipinski definition) is 1. The summed E-state index contributed by atoms with van der Waals surface area (Å²) in [6.07, 6.45) is 5.90. The van der Waals surface area contributed by atoms with Gasteiger partial charge in [0.05, 0.1) is 10.9 Å². The van der Waals surface area contributed by atoms with E-state index in [2.05, 4.69) is 40.5 Å². The largest absolute Gasteiger partial charge is 0.333 e. The van der Waals surface area contributed by atoms with Crippen LogP contribution in [0, 0.1) is 0 Å². The summed E-state index contributed by atoms with van der Waals surface area (Å²) in [6, 6.07) is 2.05. The van der Waals surface area contributed by atoms with Crippen LogP contribution in [-0.2, 0) is 7.05 Å². The molecule has 2 aromatic heterocycles. The number of hydrogen-bond donors (Lipinski definition) is 0. The van der Waals surface area contributed by atoms with Crippen LogP contribution in [0.1, 0.15) is 0 Å². The molecule has 3 heterocycles. The number of nitrogens with zero attached hydrogens (tertiary/aromatic N) is 3. The third-order valence-corrected chi connectivity index (χ3v) is 2.69. The smallest absolute Gasteiger partial charge is 0.246 e. The summed E-state index contributed by atoms with van der Waals surface area (Å²) in [5.74, 6) is 0. The highest BCUT2D eigenvalue weighted by Crippen LogP contribution is 2.05. The van der Waals surface area contributed by atoms with Gasteiger partial charge in [-0.2, -0.15) is 4.58 Å². The SMILES string of the molecule is Cn1c2c(c3cnccc31)=[N+](C)C=2. The molecule has 3 nitrogen and oxygen atoms in total. The van der Waals surface area contributed by atoms with Gasteiger partial charge in [-0.3, -0.25) is 4.98 Å². The van der Waals surface area contributed by atoms with Crippen LogP contribution < -0.4 is 15.3 Å². The standard InChI is InChI=1S/C10H10N3/c1-12-6-9-10(12)7-5-11-4-3-8(7)13(9)2/h3-6H,1-2H3/q+1. The van der Waals surface area contributed by atoms with Crippen molar-refractivity contribution in [2.24, 2.45) is 7.05 Å². The van der Waals surface area contributed by atoms with Gasteiger partial charge in [0, 0.05) is 19.4 Å². The van der Waals surface area contributed by atoms with Crippen LogP contribution in [-0.4, -0.2) is 16.6 Å². The summed E-state index contributed by atoms with van der Waals surface area (Å²) in [4.78, 5) is 4.14. The molecule has 13 heavy (non-hydrogen) atoms. The minimum Gasteiger partial charge on any atom is -0.333 e. The van der Waals surface area contributed by atoms with Gasteiger partial charge in [-0.05, 0) is 6.07 Å². The lowest BCUT2D eigenvalue weighted by molar-refractivity contribution is 0.811. The number of aromatic nitrogens is 2. The molecule has 2 aromatic rings. The van der Waals surface area contributed by atoms with Crippen LogP contribution in [0.5, 0.6) is 0 Å². The van der Waals surface area contributed by atoms with Gasteiger partial charge in [0.15, 0.2) is 11.5 Å². The summed E-state index contributed by atoms with van der Waals surface area (Å²) >= 11 is 0. The molecule has 0 N–H and O–H groups in total. The maximum atomic E-state index is 4.14. The molecular formula is C10H10N3+. The molecule has 1 aliphatic heterocycles. The summed E-state index contributed by atoms with van der Waals surface area (Å²) in [5, 5.41) is 3.83. The molecule has 0 amide bonds. The second-order valence-corrected chi connectivity index (χ2v) is 3.43. The molecule has 3 heteroatoms. The van der Waals surface area contributed by atoms with E-state index < -0.39 is 0 Å². The van der Waals surface area contributed by atoms with E-state index in [1.165, 1.54) is 21.6 Å². The van der Waals surface area contributed by atoms with Crippen molar-refractivity contribution in [1.82, 2.24) is 14.1 Å². The fraction of sp³-hybridized carbons (Fsp3) is 0.200. The average molecular weight is 172 g/mol. The summed E-state index contributed by atoms with van der Waals surface area (Å²) in [7, 11) is 4.15. The third kappa shape index (κ3) is 0.651. The number of aryl methyl sites for hydroxylation is 1. The van der Waals surface area contributed by atoms with E-state index in [0.29, 0.717) is 0 Å². The fourth-order valence-corrected chi connectivity index (χ4v) is 1.99. The Morgan fingerprint density at radius 1 is 1.46 bits per heavy atom. The maximum absolute atomic E-state index is 4.14. The molecule has 0 bridgehead atoms. The molecule has 3 rings (SSSR count). The van der Waals surface area contributed by atoms with Gasteiger partial charge in [0.2, 0.25) is 5.36 Å². The number of rotatable bonds is 0. The van der Waals surface area contributed by atoms with Crippen LogP contribution in [0.25, 0.3) is 17.1 Å². The zero-order valence-corrected chi connectivity index (χ0v) is 7.65. The Labute approximate surface area is 75.3 Å². The molecule has 0 saturated heterocycles. The molecule has 0 saturated carbocycles. The second-order valence-electron chi connectivity index (χ2n) is 3.43. The van der Waals surface area contributed by atoms with Crippen molar-refractivity contribution in [3.8, 4) is 0 Å². The molecule has 0 spiro atoms. The second kappa shape index (κ2) is 1.99. The van der Waals surface area contributed by atoms with E-state index in [1.807, 2.05) is 12.4 Å². The van der Waals surface area contributed by atoms with Gasteiger partial charge < -0.3 is 4.57 Å². The highest BCUT2D eigenvalue weighted by atomic mass is 15.1. The molecular weight excluding hydrogens is 162 g/mol. The first-order valence-electron chi connectivity index (χ1n) is 4.29. The van der Waals surface area contributed by atoms with Crippen LogP contribution in [0.4, 0.5) is 0 Å². The first-order valence-corrected chi connectivity index (χ1v) is 4.29. The Bertz CT molecular complexity index is 619. The van der Waals surface area contributed by atoms with E-state index in [9.17, 15) is 0 Å². The number of pyridine rings is 1. The average Bonchev–Trinajstić information content (AvgIpc) is 2.35. The summed E-state index contributed by atoms with van der Waals surface area (Å²) in [5.41, 5.74) is 1.25. The van der Waals surface area contributed by atoms with Gasteiger partial charge in [0.25, 0.3) is 0 Å². The summed E-state index contributed by atoms with van der Waals surface area (Å²) < 4.78 is 4.34. The minimum atomic E-state index is 1.24. The predicted molar refractivity (Wildman–Crippen MR) is 51.6 cm³/mol. The highest BCUT2D eigenvalue weighted by molar-refractivity contribution is 5.80. The number of fused-ring (bicyclic) bond motifs is 3. The lowest BCUT2D eigenvalue weighted by Crippen LogP contribution is -2.46. The van der Waals surface area contributed by atoms with E-state index in [1.54, 1.807) is 0 Å². The van der Waals surface area contributed by atoms with Crippen molar-refractivity contribution in [3.05, 3.63) is 29.2 Å². The van der Waals surface area contributed by atoms with E-state index >= 15 is 0 Å². The molecule has 64 valence electrons. The van der Waals surface area contributed by atoms with E-state index in [-0.39, 0.29) is 0 Å². The van der Waals surface area contributed by atoms with Gasteiger partial charge in [-0.15, -0.1) is 0 Å². The Morgan fingerprint density at radius 2 is 2.31 bits per heavy atom. The van der Waals surface area contributed by atoms with Crippen molar-refractivity contribution in [2.75, 3.05) is 7.05 Å². The first kappa shape index (κ1) is 6.83. The zero-order valence-electron chi connectivity index (χ0n) is 7.65. The van der Waals surface area contributed by atoms with Crippen molar-refractivity contribution >= 4 is 17.1 Å². The molecule has 1 aliphatic rings. The van der Waals surface area contributed by atoms with Crippen LogP contribution in [0.15, 0.2) is 18.5 Å². The Morgan fingerprint density at radius 3 is 3.08 bits per heavy atom. The first-order chi connectivity index (χ1) is 6.29. The molecule has 0 radical (unpaired) electrons. The van der Waals surface area contributed by atoms with E-state index in [0.717, 1.165) is 0 Å². The van der Waals surface area contributed by atoms with Crippen molar-refractivity contribution in [3.63, 3.8) is 0 Å². The predicted octanol–water partition coefficient (Wildman–Crippen LogP) is -0.554. The van der Waals surface area contributed by atoms with Gasteiger partial charge in [-0.1, -0.05) is 0 Å². The zero-order chi connectivity index (χ0) is 9.00. The van der Waals surface area contributed by atoms with Crippen molar-refractivity contribution in [2.45, 2.75) is 0 Å². The Kier molecular flexibility index (Phi) is 1.05. The fourth-order valence-electron chi connectivity index (χ4n) is 1.99. The highest BCUT2D eigenvalue weighted by Gasteiger charge is 2.19. The van der Waals surface area contributed by atoms with Crippen molar-refractivity contribution < 1.29 is 0 Å². The maximum Gasteiger partial charge on any atom is 0.246 e. The van der Waals surface area contributed by atoms with Gasteiger partial charge in [-0.25, -0.2) is 0 Å². The topological polar surface area (TPSA) is 20.8 Å². The summed E-state index contributed by atoms with van der Waals surface area (Å²) in [6.45, 7) is 0. The quantitative estimate of drug-likeness (QED) is 0.488. The molecule has 0 atom stereocenters. The normalized spacial score (nSPS) is 13.8. The minimum absolute atomic E-state index is 1.24. The van der Waals surface area contributed by atoms with Crippen LogP contribution in [0.3, 0.4) is 0 Å².